The van der Waals surface area contributed by atoms with E-state index in [2.05, 4.69) is 4.74 Å². The summed E-state index contributed by atoms with van der Waals surface area (Å²) in [5.74, 6) is 0. The fraction of sp³-hybridized carbons (Fsp3) is 1.00. The van der Waals surface area contributed by atoms with Crippen LogP contribution in [0.2, 0.25) is 0 Å². The first-order valence-electron chi connectivity index (χ1n) is 3.94. The minimum Gasteiger partial charge on any atom is -0.394 e. The highest BCUT2D eigenvalue weighted by Crippen LogP contribution is 2.18. The first kappa shape index (κ1) is 8.36. The maximum Gasteiger partial charge on any atom is 0.184 e. The molecule has 6 nitrogen and oxygen atoms in total. The summed E-state index contributed by atoms with van der Waals surface area (Å²) < 4.78 is 11.6. The van der Waals surface area contributed by atoms with E-state index >= 15 is 0 Å². The van der Waals surface area contributed by atoms with Crippen LogP contribution in [0.25, 0.3) is 0 Å². The third-order valence-corrected chi connectivity index (χ3v) is 1.72. The van der Waals surface area contributed by atoms with Crippen LogP contribution in [0.15, 0.2) is 0 Å². The minimum atomic E-state index is -2.63. The molecule has 1 saturated heterocycles. The van der Waals surface area contributed by atoms with Crippen molar-refractivity contribution in [3.05, 3.63) is 0 Å². The number of aliphatic hydroxyl groups is 5. The summed E-state index contributed by atoms with van der Waals surface area (Å²) in [5.41, 5.74) is 0. The molecule has 0 bridgehead atoms. The molecule has 0 aromatic carbocycles. The van der Waals surface area contributed by atoms with Crippen LogP contribution in [0, 0.1) is 0 Å². The maximum absolute atomic E-state index is 9.20. The SMILES string of the molecule is [3H][C@]1(O)[C@H](O)[C@@H](CO)O[C@@H](O)[C@@H]1O. The smallest absolute Gasteiger partial charge is 0.184 e. The molecule has 5 N–H and O–H groups in total. The van der Waals surface area contributed by atoms with Gasteiger partial charge >= 0.3 is 0 Å². The van der Waals surface area contributed by atoms with E-state index in [4.69, 9.17) is 16.7 Å². The lowest BCUT2D eigenvalue weighted by Gasteiger charge is -2.37. The fourth-order valence-electron chi connectivity index (χ4n) is 0.982. The van der Waals surface area contributed by atoms with Crippen LogP contribution in [-0.4, -0.2) is 62.8 Å². The molecule has 0 spiro atoms. The topological polar surface area (TPSA) is 110 Å². The van der Waals surface area contributed by atoms with Gasteiger partial charge in [0.1, 0.15) is 24.4 Å². The van der Waals surface area contributed by atoms with Crippen molar-refractivity contribution in [1.82, 2.24) is 0 Å². The van der Waals surface area contributed by atoms with Crippen molar-refractivity contribution in [3.63, 3.8) is 0 Å². The van der Waals surface area contributed by atoms with Crippen LogP contribution >= 0.6 is 0 Å². The van der Waals surface area contributed by atoms with E-state index < -0.39 is 37.3 Å². The Morgan fingerprint density at radius 1 is 1.17 bits per heavy atom. The lowest BCUT2D eigenvalue weighted by molar-refractivity contribution is -0.286. The van der Waals surface area contributed by atoms with Gasteiger partial charge in [-0.05, 0) is 0 Å². The number of ether oxygens (including phenoxy) is 1. The van der Waals surface area contributed by atoms with E-state index in [0.717, 1.165) is 0 Å². The molecule has 0 amide bonds. The predicted molar refractivity (Wildman–Crippen MR) is 36.0 cm³/mol. The Morgan fingerprint density at radius 3 is 2.25 bits per heavy atom. The summed E-state index contributed by atoms with van der Waals surface area (Å²) in [6.07, 6.45) is -9.39. The van der Waals surface area contributed by atoms with Gasteiger partial charge < -0.3 is 30.3 Å². The van der Waals surface area contributed by atoms with Gasteiger partial charge in [0.15, 0.2) is 6.29 Å². The third kappa shape index (κ3) is 1.58. The van der Waals surface area contributed by atoms with Crippen molar-refractivity contribution in [2.45, 2.75) is 30.7 Å². The second-order valence-corrected chi connectivity index (χ2v) is 2.56. The normalized spacial score (nSPS) is 56.6. The lowest BCUT2D eigenvalue weighted by Crippen LogP contribution is -2.58. The minimum absolute atomic E-state index is 0.661. The van der Waals surface area contributed by atoms with Crippen molar-refractivity contribution in [3.8, 4) is 0 Å². The van der Waals surface area contributed by atoms with Crippen LogP contribution in [0.4, 0.5) is 0 Å². The predicted octanol–water partition coefficient (Wildman–Crippen LogP) is -3.22. The van der Waals surface area contributed by atoms with Crippen LogP contribution in [0.1, 0.15) is 1.37 Å². The Hall–Kier alpha value is -0.240. The van der Waals surface area contributed by atoms with E-state index in [0.29, 0.717) is 0 Å². The van der Waals surface area contributed by atoms with Crippen molar-refractivity contribution >= 4 is 0 Å². The summed E-state index contributed by atoms with van der Waals surface area (Å²) in [5, 5.41) is 45.0. The molecule has 1 aliphatic heterocycles. The molecule has 0 aromatic rings. The zero-order valence-electron chi connectivity index (χ0n) is 7.16. The molecule has 0 unspecified atom stereocenters. The average Bonchev–Trinajstić information content (AvgIpc) is 2.09. The molecule has 72 valence electrons. The zero-order chi connectivity index (χ0) is 10.2. The Morgan fingerprint density at radius 2 is 1.75 bits per heavy atom. The molecular weight excluding hydrogens is 168 g/mol. The molecule has 0 saturated carbocycles. The molecule has 5 atom stereocenters. The molecule has 1 rings (SSSR count). The standard InChI is InChI=1S/C6H12O6/c7-1-2-3(8)4(9)5(10)6(11)12-2/h2-11H,1H2/t2-,3-,4+,5-,6-/m1/s1/i4T. The second-order valence-electron chi connectivity index (χ2n) is 2.56. The maximum atomic E-state index is 9.20. The van der Waals surface area contributed by atoms with E-state index in [1.807, 2.05) is 0 Å². The largest absolute Gasteiger partial charge is 0.394 e. The Kier molecular flexibility index (Phi) is 2.54. The molecular formula is C6H12O6. The van der Waals surface area contributed by atoms with E-state index in [1.165, 1.54) is 0 Å². The van der Waals surface area contributed by atoms with Gasteiger partial charge in [0.2, 0.25) is 0 Å². The van der Waals surface area contributed by atoms with E-state index in [1.54, 1.807) is 0 Å². The highest BCUT2D eigenvalue weighted by atomic mass is 16.6. The molecule has 1 fully saturated rings. The Labute approximate surface area is 70.0 Å². The van der Waals surface area contributed by atoms with Gasteiger partial charge in [0.05, 0.1) is 7.98 Å². The highest BCUT2D eigenvalue weighted by molar-refractivity contribution is 4.87. The zero-order valence-corrected chi connectivity index (χ0v) is 6.16. The molecule has 12 heavy (non-hydrogen) atoms. The van der Waals surface area contributed by atoms with Gasteiger partial charge in [-0.2, -0.15) is 0 Å². The van der Waals surface area contributed by atoms with Crippen LogP contribution in [0.3, 0.4) is 0 Å². The van der Waals surface area contributed by atoms with Gasteiger partial charge in [-0.3, -0.25) is 0 Å². The van der Waals surface area contributed by atoms with Crippen LogP contribution in [0.5, 0.6) is 0 Å². The van der Waals surface area contributed by atoms with Gasteiger partial charge in [0, 0.05) is 0 Å². The molecule has 1 aliphatic rings. The Balaban J connectivity index is 2.82. The molecule has 0 aliphatic carbocycles. The third-order valence-electron chi connectivity index (χ3n) is 1.72. The van der Waals surface area contributed by atoms with E-state index in [-0.39, 0.29) is 0 Å². The van der Waals surface area contributed by atoms with Gasteiger partial charge in [-0.25, -0.2) is 0 Å². The lowest BCUT2D eigenvalue weighted by atomic mass is 10.00. The first-order valence-corrected chi connectivity index (χ1v) is 3.44. The summed E-state index contributed by atoms with van der Waals surface area (Å²) in [6, 6.07) is 0. The second kappa shape index (κ2) is 3.65. The monoisotopic (exact) mass is 182 g/mol. The number of hydrogen-bond acceptors (Lipinski definition) is 6. The summed E-state index contributed by atoms with van der Waals surface area (Å²) >= 11 is 0. The van der Waals surface area contributed by atoms with Gasteiger partial charge in [0.25, 0.3) is 0 Å². The fourth-order valence-corrected chi connectivity index (χ4v) is 0.982. The quantitative estimate of drug-likeness (QED) is 0.292. The van der Waals surface area contributed by atoms with Gasteiger partial charge in [-0.1, -0.05) is 0 Å². The summed E-state index contributed by atoms with van der Waals surface area (Å²) in [4.78, 5) is 0. The van der Waals surface area contributed by atoms with Crippen LogP contribution < -0.4 is 0 Å². The Bertz CT molecular complexity index is 186. The molecule has 0 aromatic heterocycles. The van der Waals surface area contributed by atoms with Crippen molar-refractivity contribution in [1.29, 1.82) is 0 Å². The molecule has 0 radical (unpaired) electrons. The van der Waals surface area contributed by atoms with Crippen LogP contribution in [-0.2, 0) is 4.74 Å². The highest BCUT2D eigenvalue weighted by Gasteiger charge is 2.42. The number of aliphatic hydroxyl groups excluding tert-OH is 4. The first-order chi connectivity index (χ1) is 5.91. The summed E-state index contributed by atoms with van der Waals surface area (Å²) in [6.45, 7) is -0.661. The van der Waals surface area contributed by atoms with Crippen molar-refractivity contribution in [2.75, 3.05) is 6.61 Å². The van der Waals surface area contributed by atoms with E-state index in [9.17, 15) is 10.2 Å². The van der Waals surface area contributed by atoms with Gasteiger partial charge in [-0.15, -0.1) is 0 Å². The molecule has 6 heteroatoms. The average molecular weight is 182 g/mol. The number of rotatable bonds is 1. The molecule has 1 heterocycles. The number of hydrogen-bond donors (Lipinski definition) is 5. The van der Waals surface area contributed by atoms with Crippen molar-refractivity contribution in [2.24, 2.45) is 0 Å². The summed E-state index contributed by atoms with van der Waals surface area (Å²) in [7, 11) is 0. The van der Waals surface area contributed by atoms with Crippen molar-refractivity contribution < 1.29 is 31.6 Å².